The van der Waals surface area contributed by atoms with Gasteiger partial charge in [-0.2, -0.15) is 0 Å². The Bertz CT molecular complexity index is 284. The lowest BCUT2D eigenvalue weighted by atomic mass is 9.68. The van der Waals surface area contributed by atoms with Crippen molar-refractivity contribution in [1.82, 2.24) is 0 Å². The Morgan fingerprint density at radius 1 is 0.833 bits per heavy atom. The van der Waals surface area contributed by atoms with Crippen molar-refractivity contribution in [2.45, 2.75) is 82.7 Å². The molecule has 3 heteroatoms. The predicted molar refractivity (Wildman–Crippen MR) is 70.4 cm³/mol. The molecule has 0 saturated heterocycles. The maximum atomic E-state index is 11.7. The van der Waals surface area contributed by atoms with Gasteiger partial charge in [0, 0.05) is 0 Å². The van der Waals surface area contributed by atoms with Crippen LogP contribution in [0, 0.1) is 5.41 Å². The Balaban J connectivity index is 2.11. The van der Waals surface area contributed by atoms with Crippen molar-refractivity contribution >= 4 is 5.97 Å². The van der Waals surface area contributed by atoms with Crippen LogP contribution in [0.3, 0.4) is 0 Å². The van der Waals surface area contributed by atoms with E-state index in [4.69, 9.17) is 0 Å². The molecule has 0 heterocycles. The van der Waals surface area contributed by atoms with Crippen molar-refractivity contribution in [1.29, 1.82) is 0 Å². The molecule has 0 aliphatic heterocycles. The summed E-state index contributed by atoms with van der Waals surface area (Å²) in [7, 11) is 0. The van der Waals surface area contributed by atoms with E-state index in [9.17, 15) is 15.0 Å². The largest absolute Gasteiger partial charge is 0.481 e. The number of aliphatic hydroxyl groups is 1. The molecule has 0 radical (unpaired) electrons. The fraction of sp³-hybridized carbons (Fsp3) is 0.933. The molecule has 2 saturated carbocycles. The number of carboxylic acid groups (broad SMARTS) is 1. The molecule has 2 rings (SSSR count). The van der Waals surface area contributed by atoms with Crippen LogP contribution in [0.15, 0.2) is 0 Å². The van der Waals surface area contributed by atoms with Crippen molar-refractivity contribution < 1.29 is 15.0 Å². The minimum Gasteiger partial charge on any atom is -0.481 e. The molecule has 0 aromatic carbocycles. The highest BCUT2D eigenvalue weighted by molar-refractivity contribution is 5.74. The molecule has 2 fully saturated rings. The summed E-state index contributed by atoms with van der Waals surface area (Å²) in [6.45, 7) is 0. The minimum absolute atomic E-state index is 0.481. The molecule has 0 spiro atoms. The van der Waals surface area contributed by atoms with Crippen molar-refractivity contribution in [3.8, 4) is 0 Å². The zero-order valence-electron chi connectivity index (χ0n) is 11.3. The van der Waals surface area contributed by atoms with Gasteiger partial charge in [-0.1, -0.05) is 44.9 Å². The Morgan fingerprint density at radius 3 is 1.78 bits per heavy atom. The van der Waals surface area contributed by atoms with Gasteiger partial charge >= 0.3 is 5.97 Å². The first kappa shape index (κ1) is 13.9. The third kappa shape index (κ3) is 3.05. The highest BCUT2D eigenvalue weighted by Gasteiger charge is 2.45. The van der Waals surface area contributed by atoms with E-state index in [1.807, 2.05) is 0 Å². The molecular weight excluding hydrogens is 228 g/mol. The van der Waals surface area contributed by atoms with Crippen LogP contribution < -0.4 is 0 Å². The first-order valence-corrected chi connectivity index (χ1v) is 7.52. The fourth-order valence-electron chi connectivity index (χ4n) is 3.89. The lowest BCUT2D eigenvalue weighted by Crippen LogP contribution is -2.42. The lowest BCUT2D eigenvalue weighted by molar-refractivity contribution is -0.156. The molecule has 2 aliphatic carbocycles. The quantitative estimate of drug-likeness (QED) is 0.758. The first-order valence-electron chi connectivity index (χ1n) is 7.52. The predicted octanol–water partition coefficient (Wildman–Crippen LogP) is 3.50. The summed E-state index contributed by atoms with van der Waals surface area (Å²) in [4.78, 5) is 11.7. The van der Waals surface area contributed by atoms with Crippen LogP contribution in [0.1, 0.15) is 77.0 Å². The summed E-state index contributed by atoms with van der Waals surface area (Å²) < 4.78 is 0. The highest BCUT2D eigenvalue weighted by atomic mass is 16.4. The van der Waals surface area contributed by atoms with Crippen LogP contribution in [0.4, 0.5) is 0 Å². The van der Waals surface area contributed by atoms with Crippen LogP contribution >= 0.6 is 0 Å². The second kappa shape index (κ2) is 5.60. The van der Waals surface area contributed by atoms with Gasteiger partial charge in [-0.3, -0.25) is 4.79 Å². The van der Waals surface area contributed by atoms with Gasteiger partial charge in [0.05, 0.1) is 11.0 Å². The zero-order valence-corrected chi connectivity index (χ0v) is 11.3. The molecule has 0 aromatic heterocycles. The molecular formula is C15H26O3. The summed E-state index contributed by atoms with van der Waals surface area (Å²) in [5.74, 6) is -0.677. The van der Waals surface area contributed by atoms with E-state index in [0.29, 0.717) is 6.42 Å². The van der Waals surface area contributed by atoms with Gasteiger partial charge in [0.2, 0.25) is 0 Å². The Labute approximate surface area is 110 Å². The Morgan fingerprint density at radius 2 is 1.28 bits per heavy atom. The molecule has 104 valence electrons. The summed E-state index contributed by atoms with van der Waals surface area (Å²) in [6, 6.07) is 0. The maximum Gasteiger partial charge on any atom is 0.309 e. The highest BCUT2D eigenvalue weighted by Crippen LogP contribution is 2.45. The molecule has 3 nitrogen and oxygen atoms in total. The molecule has 0 aromatic rings. The topological polar surface area (TPSA) is 57.5 Å². The van der Waals surface area contributed by atoms with Gasteiger partial charge in [0.1, 0.15) is 0 Å². The third-order valence-electron chi connectivity index (χ3n) is 4.97. The van der Waals surface area contributed by atoms with Crippen LogP contribution in [0.2, 0.25) is 0 Å². The van der Waals surface area contributed by atoms with Crippen molar-refractivity contribution in [3.63, 3.8) is 0 Å². The van der Waals surface area contributed by atoms with Gasteiger partial charge in [0.25, 0.3) is 0 Å². The molecule has 0 bridgehead atoms. The average Bonchev–Trinajstić information content (AvgIpc) is 2.56. The van der Waals surface area contributed by atoms with Crippen LogP contribution in [0.5, 0.6) is 0 Å². The van der Waals surface area contributed by atoms with Gasteiger partial charge in [0.15, 0.2) is 0 Å². The van der Waals surface area contributed by atoms with E-state index < -0.39 is 17.0 Å². The van der Waals surface area contributed by atoms with E-state index >= 15 is 0 Å². The summed E-state index contributed by atoms with van der Waals surface area (Å²) >= 11 is 0. The monoisotopic (exact) mass is 254 g/mol. The molecule has 2 N–H and O–H groups in total. The normalized spacial score (nSPS) is 27.4. The summed E-state index contributed by atoms with van der Waals surface area (Å²) in [5.41, 5.74) is -1.36. The van der Waals surface area contributed by atoms with Gasteiger partial charge in [-0.15, -0.1) is 0 Å². The Kier molecular flexibility index (Phi) is 4.31. The van der Waals surface area contributed by atoms with Crippen LogP contribution in [-0.2, 0) is 4.79 Å². The molecule has 2 aliphatic rings. The van der Waals surface area contributed by atoms with Crippen molar-refractivity contribution in [3.05, 3.63) is 0 Å². The standard InChI is InChI=1S/C15H26O3/c16-13(17)14(8-4-1-2-5-9-14)12-15(18)10-6-3-7-11-15/h18H,1-12H2,(H,16,17). The van der Waals surface area contributed by atoms with Crippen molar-refractivity contribution in [2.75, 3.05) is 0 Å². The molecule has 0 atom stereocenters. The summed E-state index contributed by atoms with van der Waals surface area (Å²) in [5, 5.41) is 20.3. The minimum atomic E-state index is -0.707. The maximum absolute atomic E-state index is 11.7. The smallest absolute Gasteiger partial charge is 0.309 e. The molecule has 18 heavy (non-hydrogen) atoms. The van der Waals surface area contributed by atoms with E-state index in [2.05, 4.69) is 0 Å². The number of hydrogen-bond acceptors (Lipinski definition) is 2. The number of carbonyl (C=O) groups is 1. The van der Waals surface area contributed by atoms with Crippen LogP contribution in [0.25, 0.3) is 0 Å². The van der Waals surface area contributed by atoms with E-state index in [1.54, 1.807) is 0 Å². The molecule has 0 amide bonds. The SMILES string of the molecule is O=C(O)C1(CC2(O)CCCCC2)CCCCCC1. The van der Waals surface area contributed by atoms with Gasteiger partial charge in [-0.25, -0.2) is 0 Å². The van der Waals surface area contributed by atoms with E-state index in [1.165, 1.54) is 6.42 Å². The van der Waals surface area contributed by atoms with Crippen molar-refractivity contribution in [2.24, 2.45) is 5.41 Å². The number of aliphatic carboxylic acids is 1. The summed E-state index contributed by atoms with van der Waals surface area (Å²) in [6.07, 6.45) is 11.2. The molecule has 0 unspecified atom stereocenters. The number of carboxylic acids is 1. The third-order valence-corrected chi connectivity index (χ3v) is 4.97. The lowest BCUT2D eigenvalue weighted by Gasteiger charge is -2.40. The van der Waals surface area contributed by atoms with E-state index in [-0.39, 0.29) is 0 Å². The first-order chi connectivity index (χ1) is 8.56. The zero-order chi connectivity index (χ0) is 13.1. The second-order valence-corrected chi connectivity index (χ2v) is 6.46. The van der Waals surface area contributed by atoms with Gasteiger partial charge in [-0.05, 0) is 32.1 Å². The number of rotatable bonds is 3. The Hall–Kier alpha value is -0.570. The van der Waals surface area contributed by atoms with Gasteiger partial charge < -0.3 is 10.2 Å². The average molecular weight is 254 g/mol. The second-order valence-electron chi connectivity index (χ2n) is 6.46. The fourth-order valence-corrected chi connectivity index (χ4v) is 3.89. The van der Waals surface area contributed by atoms with E-state index in [0.717, 1.165) is 64.2 Å². The van der Waals surface area contributed by atoms with Crippen LogP contribution in [-0.4, -0.2) is 21.8 Å². The number of hydrogen-bond donors (Lipinski definition) is 2.